The standard InChI is InChI=1S/C15H21NO3/c1-3-10-16-11-4-5-12-19-14-8-6-13(7-9-14)15(17)18-2/h3,6-9,16H,1,4-5,10-12H2,2H3. The lowest BCUT2D eigenvalue weighted by Crippen LogP contribution is -2.15. The molecule has 0 unspecified atom stereocenters. The minimum atomic E-state index is -0.333. The Morgan fingerprint density at radius 3 is 2.68 bits per heavy atom. The van der Waals surface area contributed by atoms with Crippen LogP contribution in [-0.2, 0) is 4.74 Å². The molecule has 0 fully saturated rings. The molecule has 1 N–H and O–H groups in total. The lowest BCUT2D eigenvalue weighted by atomic mass is 10.2. The molecule has 0 aromatic heterocycles. The van der Waals surface area contributed by atoms with Crippen molar-refractivity contribution in [2.24, 2.45) is 0 Å². The summed E-state index contributed by atoms with van der Waals surface area (Å²) in [5.74, 6) is 0.437. The van der Waals surface area contributed by atoms with Crippen molar-refractivity contribution < 1.29 is 14.3 Å². The van der Waals surface area contributed by atoms with E-state index in [4.69, 9.17) is 4.74 Å². The fraction of sp³-hybridized carbons (Fsp3) is 0.400. The number of unbranched alkanes of at least 4 members (excludes halogenated alkanes) is 1. The minimum Gasteiger partial charge on any atom is -0.494 e. The Kier molecular flexibility index (Phi) is 7.35. The maximum absolute atomic E-state index is 11.2. The molecule has 0 saturated carbocycles. The molecule has 0 radical (unpaired) electrons. The molecule has 0 heterocycles. The highest BCUT2D eigenvalue weighted by Crippen LogP contribution is 2.13. The van der Waals surface area contributed by atoms with Crippen LogP contribution in [0, 0.1) is 0 Å². The smallest absolute Gasteiger partial charge is 0.337 e. The molecule has 0 spiro atoms. The average molecular weight is 263 g/mol. The van der Waals surface area contributed by atoms with Gasteiger partial charge in [-0.15, -0.1) is 6.58 Å². The molecular weight excluding hydrogens is 242 g/mol. The molecule has 19 heavy (non-hydrogen) atoms. The van der Waals surface area contributed by atoms with Crippen molar-refractivity contribution in [2.45, 2.75) is 12.8 Å². The second kappa shape index (κ2) is 9.16. The van der Waals surface area contributed by atoms with E-state index in [0.717, 1.165) is 31.7 Å². The molecule has 0 amide bonds. The van der Waals surface area contributed by atoms with E-state index >= 15 is 0 Å². The minimum absolute atomic E-state index is 0.333. The quantitative estimate of drug-likeness (QED) is 0.422. The van der Waals surface area contributed by atoms with E-state index in [9.17, 15) is 4.79 Å². The van der Waals surface area contributed by atoms with Gasteiger partial charge < -0.3 is 14.8 Å². The Morgan fingerprint density at radius 2 is 2.05 bits per heavy atom. The molecular formula is C15H21NO3. The van der Waals surface area contributed by atoms with E-state index in [-0.39, 0.29) is 5.97 Å². The summed E-state index contributed by atoms with van der Waals surface area (Å²) < 4.78 is 10.2. The lowest BCUT2D eigenvalue weighted by Gasteiger charge is -2.07. The molecule has 104 valence electrons. The van der Waals surface area contributed by atoms with Crippen LogP contribution >= 0.6 is 0 Å². The number of methoxy groups -OCH3 is 1. The summed E-state index contributed by atoms with van der Waals surface area (Å²) in [7, 11) is 1.37. The number of esters is 1. The number of rotatable bonds is 9. The summed E-state index contributed by atoms with van der Waals surface area (Å²) in [5.41, 5.74) is 0.531. The Labute approximate surface area is 114 Å². The van der Waals surface area contributed by atoms with E-state index in [1.165, 1.54) is 7.11 Å². The topological polar surface area (TPSA) is 47.6 Å². The summed E-state index contributed by atoms with van der Waals surface area (Å²) in [6.45, 7) is 6.13. The predicted molar refractivity (Wildman–Crippen MR) is 75.6 cm³/mol. The van der Waals surface area contributed by atoms with Gasteiger partial charge in [-0.1, -0.05) is 6.08 Å². The van der Waals surface area contributed by atoms with E-state index in [1.807, 2.05) is 6.08 Å². The van der Waals surface area contributed by atoms with Crippen molar-refractivity contribution in [1.82, 2.24) is 5.32 Å². The van der Waals surface area contributed by atoms with Gasteiger partial charge in [-0.3, -0.25) is 0 Å². The van der Waals surface area contributed by atoms with E-state index < -0.39 is 0 Å². The fourth-order valence-electron chi connectivity index (χ4n) is 1.55. The van der Waals surface area contributed by atoms with Crippen molar-refractivity contribution in [2.75, 3.05) is 26.8 Å². The van der Waals surface area contributed by atoms with Crippen molar-refractivity contribution >= 4 is 5.97 Å². The fourth-order valence-corrected chi connectivity index (χ4v) is 1.55. The van der Waals surface area contributed by atoms with Crippen molar-refractivity contribution in [3.05, 3.63) is 42.5 Å². The van der Waals surface area contributed by atoms with E-state index in [0.29, 0.717) is 12.2 Å². The van der Waals surface area contributed by atoms with Crippen LogP contribution in [0.4, 0.5) is 0 Å². The number of hydrogen-bond acceptors (Lipinski definition) is 4. The van der Waals surface area contributed by atoms with Crippen LogP contribution < -0.4 is 10.1 Å². The summed E-state index contributed by atoms with van der Waals surface area (Å²) in [5, 5.41) is 3.24. The normalized spacial score (nSPS) is 9.95. The summed E-state index contributed by atoms with van der Waals surface area (Å²) in [4.78, 5) is 11.2. The molecule has 1 aromatic rings. The molecule has 0 aliphatic rings. The third kappa shape index (κ3) is 6.06. The Balaban J connectivity index is 2.19. The highest BCUT2D eigenvalue weighted by molar-refractivity contribution is 5.89. The second-order valence-electron chi connectivity index (χ2n) is 4.06. The largest absolute Gasteiger partial charge is 0.494 e. The summed E-state index contributed by atoms with van der Waals surface area (Å²) >= 11 is 0. The Bertz CT molecular complexity index is 387. The first kappa shape index (κ1) is 15.2. The van der Waals surface area contributed by atoms with Gasteiger partial charge in [0.25, 0.3) is 0 Å². The number of nitrogens with one attached hydrogen (secondary N) is 1. The zero-order valence-electron chi connectivity index (χ0n) is 11.4. The van der Waals surface area contributed by atoms with Crippen molar-refractivity contribution in [3.63, 3.8) is 0 Å². The molecule has 0 saturated heterocycles. The van der Waals surface area contributed by atoms with Crippen LogP contribution in [0.1, 0.15) is 23.2 Å². The first-order valence-electron chi connectivity index (χ1n) is 6.40. The van der Waals surface area contributed by atoms with Gasteiger partial charge in [0, 0.05) is 6.54 Å². The molecule has 0 atom stereocenters. The van der Waals surface area contributed by atoms with Gasteiger partial charge in [0.1, 0.15) is 5.75 Å². The van der Waals surface area contributed by atoms with Crippen LogP contribution in [0.5, 0.6) is 5.75 Å². The maximum atomic E-state index is 11.2. The second-order valence-corrected chi connectivity index (χ2v) is 4.06. The molecule has 1 rings (SSSR count). The molecule has 4 heteroatoms. The number of hydrogen-bond donors (Lipinski definition) is 1. The molecule has 0 aliphatic heterocycles. The molecule has 1 aromatic carbocycles. The zero-order chi connectivity index (χ0) is 13.9. The SMILES string of the molecule is C=CCNCCCCOc1ccc(C(=O)OC)cc1. The third-order valence-electron chi connectivity index (χ3n) is 2.58. The van der Waals surface area contributed by atoms with E-state index in [1.54, 1.807) is 24.3 Å². The molecule has 0 bridgehead atoms. The van der Waals surface area contributed by atoms with Gasteiger partial charge in [-0.2, -0.15) is 0 Å². The highest BCUT2D eigenvalue weighted by Gasteiger charge is 2.04. The molecule has 0 aliphatic carbocycles. The number of carbonyl (C=O) groups is 1. The average Bonchev–Trinajstić information content (AvgIpc) is 2.46. The van der Waals surface area contributed by atoms with Crippen LogP contribution in [0.25, 0.3) is 0 Å². The van der Waals surface area contributed by atoms with Gasteiger partial charge in [-0.05, 0) is 43.7 Å². The van der Waals surface area contributed by atoms with Gasteiger partial charge >= 0.3 is 5.97 Å². The van der Waals surface area contributed by atoms with Crippen molar-refractivity contribution in [1.29, 1.82) is 0 Å². The molecule has 4 nitrogen and oxygen atoms in total. The number of carbonyl (C=O) groups excluding carboxylic acids is 1. The third-order valence-corrected chi connectivity index (χ3v) is 2.58. The predicted octanol–water partition coefficient (Wildman–Crippen LogP) is 2.41. The van der Waals surface area contributed by atoms with Gasteiger partial charge in [-0.25, -0.2) is 4.79 Å². The first-order chi connectivity index (χ1) is 9.27. The van der Waals surface area contributed by atoms with Crippen LogP contribution in [0.3, 0.4) is 0 Å². The van der Waals surface area contributed by atoms with Gasteiger partial charge in [0.05, 0.1) is 19.3 Å². The Morgan fingerprint density at radius 1 is 1.32 bits per heavy atom. The summed E-state index contributed by atoms with van der Waals surface area (Å²) in [6.07, 6.45) is 3.90. The Hall–Kier alpha value is -1.81. The van der Waals surface area contributed by atoms with Crippen molar-refractivity contribution in [3.8, 4) is 5.75 Å². The highest BCUT2D eigenvalue weighted by atomic mass is 16.5. The van der Waals surface area contributed by atoms with Crippen LogP contribution in [0.15, 0.2) is 36.9 Å². The lowest BCUT2D eigenvalue weighted by molar-refractivity contribution is 0.0600. The zero-order valence-corrected chi connectivity index (χ0v) is 11.4. The van der Waals surface area contributed by atoms with Gasteiger partial charge in [0.15, 0.2) is 0 Å². The van der Waals surface area contributed by atoms with E-state index in [2.05, 4.69) is 16.6 Å². The first-order valence-corrected chi connectivity index (χ1v) is 6.40. The number of ether oxygens (including phenoxy) is 2. The van der Waals surface area contributed by atoms with Crippen LogP contribution in [-0.4, -0.2) is 32.8 Å². The monoisotopic (exact) mass is 263 g/mol. The summed E-state index contributed by atoms with van der Waals surface area (Å²) in [6, 6.07) is 6.96. The van der Waals surface area contributed by atoms with Crippen LogP contribution in [0.2, 0.25) is 0 Å². The number of benzene rings is 1. The van der Waals surface area contributed by atoms with Gasteiger partial charge in [0.2, 0.25) is 0 Å². The maximum Gasteiger partial charge on any atom is 0.337 e.